The smallest absolute Gasteiger partial charge is 0.243 e. The Morgan fingerprint density at radius 1 is 1.36 bits per heavy atom. The van der Waals surface area contributed by atoms with Crippen LogP contribution in [0.25, 0.3) is 0 Å². The van der Waals surface area contributed by atoms with Crippen LogP contribution in [-0.2, 0) is 14.8 Å². The average Bonchev–Trinajstić information content (AvgIpc) is 3.03. The van der Waals surface area contributed by atoms with E-state index in [2.05, 4.69) is 10.2 Å². The van der Waals surface area contributed by atoms with E-state index in [9.17, 15) is 13.2 Å². The van der Waals surface area contributed by atoms with E-state index in [1.54, 1.807) is 31.2 Å². The van der Waals surface area contributed by atoms with Gasteiger partial charge in [-0.1, -0.05) is 17.7 Å². The van der Waals surface area contributed by atoms with Gasteiger partial charge in [-0.15, -0.1) is 0 Å². The molecule has 0 aromatic heterocycles. The number of nitrogens with zero attached hydrogens (tertiary/aromatic N) is 2. The summed E-state index contributed by atoms with van der Waals surface area (Å²) in [7, 11) is -3.62. The topological polar surface area (TPSA) is 69.7 Å². The Balaban J connectivity index is 1.96. The molecule has 1 aliphatic heterocycles. The van der Waals surface area contributed by atoms with Crippen molar-refractivity contribution >= 4 is 33.2 Å². The third kappa shape index (κ3) is 5.87. The van der Waals surface area contributed by atoms with Crippen LogP contribution < -0.4 is 9.62 Å². The van der Waals surface area contributed by atoms with Crippen LogP contribution in [0.5, 0.6) is 0 Å². The minimum Gasteiger partial charge on any atom is -0.354 e. The predicted molar refractivity (Wildman–Crippen MR) is 102 cm³/mol. The van der Waals surface area contributed by atoms with E-state index >= 15 is 0 Å². The van der Waals surface area contributed by atoms with Crippen LogP contribution in [0.2, 0.25) is 5.02 Å². The highest BCUT2D eigenvalue weighted by Gasteiger charge is 2.29. The Hall–Kier alpha value is -1.31. The average molecular weight is 388 g/mol. The zero-order valence-electron chi connectivity index (χ0n) is 14.7. The summed E-state index contributed by atoms with van der Waals surface area (Å²) in [5.74, 6) is -0.313. The Morgan fingerprint density at radius 3 is 2.64 bits per heavy atom. The summed E-state index contributed by atoms with van der Waals surface area (Å²) < 4.78 is 25.5. The second-order valence-corrected chi connectivity index (χ2v) is 8.70. The van der Waals surface area contributed by atoms with Gasteiger partial charge >= 0.3 is 0 Å². The molecule has 1 aromatic carbocycles. The molecule has 1 amide bonds. The molecule has 0 radical (unpaired) electrons. The third-order valence-corrected chi connectivity index (χ3v) is 5.78. The van der Waals surface area contributed by atoms with E-state index in [0.717, 1.165) is 36.6 Å². The molecule has 1 N–H and O–H groups in total. The van der Waals surface area contributed by atoms with E-state index in [1.165, 1.54) is 12.8 Å². The van der Waals surface area contributed by atoms with Crippen molar-refractivity contribution in [1.29, 1.82) is 0 Å². The van der Waals surface area contributed by atoms with Gasteiger partial charge in [0.2, 0.25) is 15.9 Å². The lowest BCUT2D eigenvalue weighted by molar-refractivity contribution is -0.121. The first kappa shape index (κ1) is 20.0. The van der Waals surface area contributed by atoms with E-state index in [-0.39, 0.29) is 5.91 Å². The van der Waals surface area contributed by atoms with Crippen molar-refractivity contribution in [2.75, 3.05) is 36.7 Å². The van der Waals surface area contributed by atoms with Crippen LogP contribution in [0.3, 0.4) is 0 Å². The molecular weight excluding hydrogens is 362 g/mol. The van der Waals surface area contributed by atoms with Gasteiger partial charge in [0.15, 0.2) is 0 Å². The summed E-state index contributed by atoms with van der Waals surface area (Å²) >= 11 is 5.96. The normalized spacial score (nSPS) is 16.6. The monoisotopic (exact) mass is 387 g/mol. The van der Waals surface area contributed by atoms with Gasteiger partial charge in [0, 0.05) is 11.6 Å². The van der Waals surface area contributed by atoms with Gasteiger partial charge in [-0.25, -0.2) is 8.42 Å². The summed E-state index contributed by atoms with van der Waals surface area (Å²) in [6, 6.07) is 5.65. The Morgan fingerprint density at radius 2 is 2.04 bits per heavy atom. The van der Waals surface area contributed by atoms with Crippen molar-refractivity contribution in [3.8, 4) is 0 Å². The number of anilines is 1. The summed E-state index contributed by atoms with van der Waals surface area (Å²) in [5.41, 5.74) is 0.384. The van der Waals surface area contributed by atoms with Crippen LogP contribution in [-0.4, -0.2) is 57.7 Å². The maximum absolute atomic E-state index is 12.4. The van der Waals surface area contributed by atoms with Gasteiger partial charge in [-0.2, -0.15) is 0 Å². The maximum atomic E-state index is 12.4. The number of likely N-dealkylation sites (tertiary alicyclic amines) is 1. The van der Waals surface area contributed by atoms with Gasteiger partial charge in [-0.05, 0) is 64.0 Å². The molecule has 140 valence electrons. The van der Waals surface area contributed by atoms with E-state index in [0.29, 0.717) is 17.3 Å². The molecule has 1 unspecified atom stereocenters. The summed E-state index contributed by atoms with van der Waals surface area (Å²) in [6.07, 6.45) is 4.43. The zero-order valence-corrected chi connectivity index (χ0v) is 16.3. The van der Waals surface area contributed by atoms with Crippen molar-refractivity contribution in [1.82, 2.24) is 10.2 Å². The first-order chi connectivity index (χ1) is 11.8. The van der Waals surface area contributed by atoms with Crippen molar-refractivity contribution in [2.45, 2.75) is 32.2 Å². The van der Waals surface area contributed by atoms with Crippen LogP contribution in [0.4, 0.5) is 5.69 Å². The molecule has 0 bridgehead atoms. The lowest BCUT2D eigenvalue weighted by Gasteiger charge is -2.28. The Kier molecular flexibility index (Phi) is 7.10. The zero-order chi connectivity index (χ0) is 18.4. The second-order valence-electron chi connectivity index (χ2n) is 6.41. The van der Waals surface area contributed by atoms with Gasteiger partial charge in [0.05, 0.1) is 11.9 Å². The number of nitrogens with one attached hydrogen (secondary N) is 1. The molecule has 6 nitrogen and oxygen atoms in total. The molecule has 2 rings (SSSR count). The van der Waals surface area contributed by atoms with E-state index in [1.807, 2.05) is 0 Å². The minimum atomic E-state index is -3.62. The highest BCUT2D eigenvalue weighted by atomic mass is 35.5. The Bertz CT molecular complexity index is 690. The predicted octanol–water partition coefficient (Wildman–Crippen LogP) is 2.10. The minimum absolute atomic E-state index is 0.313. The molecule has 0 saturated carbocycles. The molecule has 1 atom stereocenters. The number of benzene rings is 1. The number of halogens is 1. The van der Waals surface area contributed by atoms with Gasteiger partial charge < -0.3 is 10.2 Å². The van der Waals surface area contributed by atoms with E-state index in [4.69, 9.17) is 11.6 Å². The summed E-state index contributed by atoms with van der Waals surface area (Å²) in [5, 5.41) is 3.26. The van der Waals surface area contributed by atoms with Gasteiger partial charge in [0.1, 0.15) is 6.04 Å². The quantitative estimate of drug-likeness (QED) is 0.693. The molecule has 1 aliphatic rings. The molecule has 0 aliphatic carbocycles. The molecule has 25 heavy (non-hydrogen) atoms. The van der Waals surface area contributed by atoms with Gasteiger partial charge in [0.25, 0.3) is 0 Å². The lowest BCUT2D eigenvalue weighted by Crippen LogP contribution is -2.48. The van der Waals surface area contributed by atoms with Crippen molar-refractivity contribution in [3.63, 3.8) is 0 Å². The SMILES string of the molecule is CC(C(=O)NCCCN1CCCC1)N(c1cccc(Cl)c1)S(C)(=O)=O. The highest BCUT2D eigenvalue weighted by molar-refractivity contribution is 7.92. The first-order valence-electron chi connectivity index (χ1n) is 8.54. The maximum Gasteiger partial charge on any atom is 0.243 e. The molecule has 1 saturated heterocycles. The fourth-order valence-corrected chi connectivity index (χ4v) is 4.44. The number of carbonyl (C=O) groups is 1. The molecule has 0 spiro atoms. The van der Waals surface area contributed by atoms with Crippen LogP contribution in [0.1, 0.15) is 26.2 Å². The fraction of sp³-hybridized carbons (Fsp3) is 0.588. The van der Waals surface area contributed by atoms with Crippen molar-refractivity contribution in [2.24, 2.45) is 0 Å². The Labute approximate surface area is 155 Å². The third-order valence-electron chi connectivity index (χ3n) is 4.30. The standard InChI is InChI=1S/C17H26ClN3O3S/c1-14(17(22)19-9-6-12-20-10-3-4-11-20)21(25(2,23)24)16-8-5-7-15(18)13-16/h5,7-8,13-14H,3-4,6,9-12H2,1-2H3,(H,19,22). The van der Waals surface area contributed by atoms with E-state index < -0.39 is 16.1 Å². The highest BCUT2D eigenvalue weighted by Crippen LogP contribution is 2.24. The molecule has 1 fully saturated rings. The van der Waals surface area contributed by atoms with Crippen LogP contribution in [0.15, 0.2) is 24.3 Å². The lowest BCUT2D eigenvalue weighted by atomic mass is 10.2. The number of carbonyl (C=O) groups excluding carboxylic acids is 1. The molecular formula is C17H26ClN3O3S. The van der Waals surface area contributed by atoms with Gasteiger partial charge in [-0.3, -0.25) is 9.10 Å². The number of hydrogen-bond donors (Lipinski definition) is 1. The first-order valence-corrected chi connectivity index (χ1v) is 10.8. The van der Waals surface area contributed by atoms with Crippen LogP contribution >= 0.6 is 11.6 Å². The number of hydrogen-bond acceptors (Lipinski definition) is 4. The van der Waals surface area contributed by atoms with Crippen LogP contribution in [0, 0.1) is 0 Å². The van der Waals surface area contributed by atoms with Crippen molar-refractivity contribution in [3.05, 3.63) is 29.3 Å². The fourth-order valence-electron chi connectivity index (χ4n) is 3.09. The summed E-state index contributed by atoms with van der Waals surface area (Å²) in [6.45, 7) is 5.32. The second kappa shape index (κ2) is 8.87. The number of amides is 1. The number of rotatable bonds is 8. The largest absolute Gasteiger partial charge is 0.354 e. The molecule has 8 heteroatoms. The number of sulfonamides is 1. The molecule has 1 heterocycles. The summed E-state index contributed by atoms with van der Waals surface area (Å²) in [4.78, 5) is 14.8. The van der Waals surface area contributed by atoms with Crippen molar-refractivity contribution < 1.29 is 13.2 Å². The molecule has 1 aromatic rings.